The van der Waals surface area contributed by atoms with Crippen LogP contribution in [-0.2, 0) is 26.2 Å². The fourth-order valence-electron chi connectivity index (χ4n) is 3.91. The minimum Gasteiger partial charge on any atom is -0.352 e. The van der Waals surface area contributed by atoms with Crippen molar-refractivity contribution in [2.45, 2.75) is 70.5 Å². The molecule has 2 aromatic carbocycles. The molecule has 8 nitrogen and oxygen atoms in total. The summed E-state index contributed by atoms with van der Waals surface area (Å²) in [4.78, 5) is 40.2. The quantitative estimate of drug-likeness (QED) is 0.540. The highest BCUT2D eigenvalue weighted by Crippen LogP contribution is 2.30. The predicted molar refractivity (Wildman–Crippen MR) is 133 cm³/mol. The van der Waals surface area contributed by atoms with Gasteiger partial charge in [-0.25, -0.2) is 12.7 Å². The molecule has 0 spiro atoms. The molecule has 3 amide bonds. The van der Waals surface area contributed by atoms with Gasteiger partial charge in [-0.1, -0.05) is 48.9 Å². The highest BCUT2D eigenvalue weighted by atomic mass is 32.2. The minimum absolute atomic E-state index is 0.00244. The highest BCUT2D eigenvalue weighted by molar-refractivity contribution is 7.90. The van der Waals surface area contributed by atoms with Gasteiger partial charge in [0.15, 0.2) is 0 Å². The Morgan fingerprint density at radius 3 is 2.34 bits per heavy atom. The summed E-state index contributed by atoms with van der Waals surface area (Å²) in [6.07, 6.45) is 0.926. The summed E-state index contributed by atoms with van der Waals surface area (Å²) in [5, 5.41) is 2.92. The number of benzene rings is 2. The fourth-order valence-corrected chi connectivity index (χ4v) is 5.52. The number of amides is 3. The summed E-state index contributed by atoms with van der Waals surface area (Å²) in [7, 11) is -3.92. The van der Waals surface area contributed by atoms with Gasteiger partial charge in [-0.3, -0.25) is 14.4 Å². The fraction of sp³-hybridized carbons (Fsp3) is 0.423. The zero-order chi connectivity index (χ0) is 25.8. The van der Waals surface area contributed by atoms with E-state index in [9.17, 15) is 22.8 Å². The molecular weight excluding hydrogens is 466 g/mol. The van der Waals surface area contributed by atoms with E-state index in [0.717, 1.165) is 21.9 Å². The van der Waals surface area contributed by atoms with Gasteiger partial charge in [-0.15, -0.1) is 0 Å². The molecule has 0 unspecified atom stereocenters. The largest absolute Gasteiger partial charge is 0.352 e. The lowest BCUT2D eigenvalue weighted by Crippen LogP contribution is -2.49. The van der Waals surface area contributed by atoms with Crippen LogP contribution in [0.2, 0.25) is 0 Å². The topological polar surface area (TPSA) is 104 Å². The van der Waals surface area contributed by atoms with Gasteiger partial charge < -0.3 is 10.2 Å². The smallest absolute Gasteiger partial charge is 0.269 e. The molecule has 9 heteroatoms. The van der Waals surface area contributed by atoms with Gasteiger partial charge in [0, 0.05) is 25.6 Å². The number of hydrogen-bond donors (Lipinski definition) is 1. The molecule has 1 aliphatic heterocycles. The van der Waals surface area contributed by atoms with E-state index in [0.29, 0.717) is 0 Å². The lowest BCUT2D eigenvalue weighted by molar-refractivity contribution is -0.141. The Labute approximate surface area is 207 Å². The van der Waals surface area contributed by atoms with Crippen LogP contribution in [0, 0.1) is 6.92 Å². The molecule has 0 radical (unpaired) electrons. The lowest BCUT2D eigenvalue weighted by atomic mass is 10.1. The Morgan fingerprint density at radius 2 is 1.71 bits per heavy atom. The number of nitrogens with zero attached hydrogens (tertiary/aromatic N) is 2. The van der Waals surface area contributed by atoms with Crippen molar-refractivity contribution < 1.29 is 22.8 Å². The normalized spacial score (nSPS) is 15.9. The first-order valence-electron chi connectivity index (χ1n) is 11.9. The summed E-state index contributed by atoms with van der Waals surface area (Å²) >= 11 is 0. The molecule has 1 N–H and O–H groups in total. The molecule has 1 heterocycles. The Hall–Kier alpha value is -3.20. The number of sulfonamides is 1. The molecule has 0 saturated carbocycles. The van der Waals surface area contributed by atoms with Crippen LogP contribution >= 0.6 is 0 Å². The number of carbonyl (C=O) groups is 3. The number of rotatable bonds is 10. The molecule has 0 aromatic heterocycles. The second kappa shape index (κ2) is 11.0. The van der Waals surface area contributed by atoms with Crippen LogP contribution in [0.4, 0.5) is 0 Å². The van der Waals surface area contributed by atoms with Crippen molar-refractivity contribution in [3.8, 4) is 0 Å². The van der Waals surface area contributed by atoms with Gasteiger partial charge in [0.25, 0.3) is 15.9 Å². The van der Waals surface area contributed by atoms with Crippen LogP contribution in [-0.4, -0.2) is 54.0 Å². The molecule has 0 fully saturated rings. The zero-order valence-electron chi connectivity index (χ0n) is 20.7. The number of aryl methyl sites for hydroxylation is 1. The van der Waals surface area contributed by atoms with Crippen molar-refractivity contribution in [1.82, 2.24) is 14.5 Å². The van der Waals surface area contributed by atoms with E-state index in [4.69, 9.17) is 0 Å². The zero-order valence-corrected chi connectivity index (χ0v) is 21.5. The third-order valence-electron chi connectivity index (χ3n) is 6.31. The van der Waals surface area contributed by atoms with Gasteiger partial charge in [-0.05, 0) is 51.3 Å². The molecular formula is C26H33N3O5S. The van der Waals surface area contributed by atoms with Crippen LogP contribution < -0.4 is 5.32 Å². The minimum atomic E-state index is -3.92. The van der Waals surface area contributed by atoms with Gasteiger partial charge in [0.1, 0.15) is 10.9 Å². The lowest BCUT2D eigenvalue weighted by Gasteiger charge is -2.30. The molecule has 0 aliphatic carbocycles. The second-order valence-electron chi connectivity index (χ2n) is 8.98. The summed E-state index contributed by atoms with van der Waals surface area (Å²) in [6.45, 7) is 7.68. The van der Waals surface area contributed by atoms with E-state index < -0.39 is 22.0 Å². The van der Waals surface area contributed by atoms with Gasteiger partial charge in [0.2, 0.25) is 11.8 Å². The molecule has 35 heavy (non-hydrogen) atoms. The maximum atomic E-state index is 13.2. The summed E-state index contributed by atoms with van der Waals surface area (Å²) in [5.74, 6) is -1.10. The SMILES string of the molecule is CC[C@@H](C)NC(=O)[C@@H](C)N(Cc1ccc(C)cc1)C(=O)CCCN1C(=O)c2ccccc2S1(=O)=O. The number of carbonyl (C=O) groups excluding carboxylic acids is 3. The van der Waals surface area contributed by atoms with Crippen LogP contribution in [0.3, 0.4) is 0 Å². The van der Waals surface area contributed by atoms with E-state index in [2.05, 4.69) is 5.32 Å². The number of nitrogens with one attached hydrogen (secondary N) is 1. The van der Waals surface area contributed by atoms with Crippen LogP contribution in [0.15, 0.2) is 53.4 Å². The maximum Gasteiger partial charge on any atom is 0.269 e. The van der Waals surface area contributed by atoms with Gasteiger partial charge in [0.05, 0.1) is 5.56 Å². The Balaban J connectivity index is 1.71. The first-order chi connectivity index (χ1) is 16.6. The summed E-state index contributed by atoms with van der Waals surface area (Å²) in [5.41, 5.74) is 2.13. The average molecular weight is 500 g/mol. The molecule has 0 saturated heterocycles. The first-order valence-corrected chi connectivity index (χ1v) is 13.3. The third-order valence-corrected chi connectivity index (χ3v) is 8.15. The van der Waals surface area contributed by atoms with Gasteiger partial charge >= 0.3 is 0 Å². The molecule has 0 bridgehead atoms. The van der Waals surface area contributed by atoms with E-state index in [1.807, 2.05) is 45.0 Å². The van der Waals surface area contributed by atoms with Crippen LogP contribution in [0.1, 0.15) is 61.5 Å². The van der Waals surface area contributed by atoms with Gasteiger partial charge in [-0.2, -0.15) is 0 Å². The third kappa shape index (κ3) is 5.90. The van der Waals surface area contributed by atoms with E-state index in [-0.39, 0.29) is 54.2 Å². The maximum absolute atomic E-state index is 13.2. The van der Waals surface area contributed by atoms with Crippen LogP contribution in [0.25, 0.3) is 0 Å². The summed E-state index contributed by atoms with van der Waals surface area (Å²) in [6, 6.07) is 13.1. The van der Waals surface area contributed by atoms with Crippen molar-refractivity contribution in [3.05, 3.63) is 65.2 Å². The number of hydrogen-bond acceptors (Lipinski definition) is 5. The number of fused-ring (bicyclic) bond motifs is 1. The Morgan fingerprint density at radius 1 is 1.06 bits per heavy atom. The van der Waals surface area contributed by atoms with Crippen LogP contribution in [0.5, 0.6) is 0 Å². The predicted octanol–water partition coefficient (Wildman–Crippen LogP) is 3.25. The monoisotopic (exact) mass is 499 g/mol. The Bertz CT molecular complexity index is 1190. The van der Waals surface area contributed by atoms with E-state index in [1.165, 1.54) is 17.0 Å². The summed E-state index contributed by atoms with van der Waals surface area (Å²) < 4.78 is 26.3. The highest BCUT2D eigenvalue weighted by Gasteiger charge is 2.40. The van der Waals surface area contributed by atoms with Crippen molar-refractivity contribution in [2.75, 3.05) is 6.54 Å². The van der Waals surface area contributed by atoms with Crippen molar-refractivity contribution in [1.29, 1.82) is 0 Å². The average Bonchev–Trinajstić information content (AvgIpc) is 3.03. The molecule has 2 aromatic rings. The van der Waals surface area contributed by atoms with Crippen molar-refractivity contribution in [2.24, 2.45) is 0 Å². The Kier molecular flexibility index (Phi) is 8.32. The van der Waals surface area contributed by atoms with E-state index in [1.54, 1.807) is 19.1 Å². The molecule has 3 rings (SSSR count). The first kappa shape index (κ1) is 26.4. The van der Waals surface area contributed by atoms with E-state index >= 15 is 0 Å². The second-order valence-corrected chi connectivity index (χ2v) is 10.8. The molecule has 1 aliphatic rings. The van der Waals surface area contributed by atoms with Crippen molar-refractivity contribution in [3.63, 3.8) is 0 Å². The standard InChI is InChI=1S/C26H33N3O5S/c1-5-19(3)27-25(31)20(4)28(17-21-14-12-18(2)13-15-21)24(30)11-8-16-29-26(32)22-9-6-7-10-23(22)35(29,33)34/h6-7,9-10,12-15,19-20H,5,8,11,16-17H2,1-4H3,(H,27,31)/t19-,20-/m1/s1. The molecule has 188 valence electrons. The van der Waals surface area contributed by atoms with Crippen molar-refractivity contribution >= 4 is 27.7 Å². The molecule has 2 atom stereocenters.